The van der Waals surface area contributed by atoms with Gasteiger partial charge in [0.05, 0.1) is 25.2 Å². The number of aliphatic hydroxyl groups is 2. The lowest BCUT2D eigenvalue weighted by atomic mass is 10.0. The first-order valence-electron chi connectivity index (χ1n) is 27.9. The summed E-state index contributed by atoms with van der Waals surface area (Å²) in [6.45, 7) is 6.45. The van der Waals surface area contributed by atoms with E-state index in [1.165, 1.54) is 167 Å². The van der Waals surface area contributed by atoms with E-state index < -0.39 is 18.2 Å². The minimum atomic E-state index is -0.797. The highest BCUT2D eigenvalue weighted by Crippen LogP contribution is 2.18. The van der Waals surface area contributed by atoms with Gasteiger partial charge in [-0.3, -0.25) is 9.59 Å². The molecule has 0 aliphatic carbocycles. The Kier molecular flexibility index (Phi) is 50.0. The SMILES string of the molecule is CCCCC/C=C/C=C/C=C/C=C/CCCCCC(CC(=O)NC(CO)C(O)CCCCCCCCCCCCC)OC(=O)CCCCCCCCCCCCCCCCCCCC. The van der Waals surface area contributed by atoms with Crippen molar-refractivity contribution < 1.29 is 24.5 Å². The van der Waals surface area contributed by atoms with E-state index >= 15 is 0 Å². The molecule has 0 heterocycles. The Morgan fingerprint density at radius 2 is 0.797 bits per heavy atom. The predicted octanol–water partition coefficient (Wildman–Crippen LogP) is 17.0. The lowest BCUT2D eigenvalue weighted by molar-refractivity contribution is -0.151. The zero-order valence-corrected chi connectivity index (χ0v) is 42.7. The molecule has 1 amide bonds. The summed E-state index contributed by atoms with van der Waals surface area (Å²) in [5.74, 6) is -0.501. The minimum absolute atomic E-state index is 0.0542. The summed E-state index contributed by atoms with van der Waals surface area (Å²) in [4.78, 5) is 26.2. The van der Waals surface area contributed by atoms with Crippen LogP contribution in [0.4, 0.5) is 0 Å². The second-order valence-electron chi connectivity index (χ2n) is 19.1. The van der Waals surface area contributed by atoms with Gasteiger partial charge < -0.3 is 20.3 Å². The van der Waals surface area contributed by atoms with E-state index in [9.17, 15) is 19.8 Å². The Morgan fingerprint density at radius 1 is 0.453 bits per heavy atom. The molecule has 0 saturated heterocycles. The zero-order valence-electron chi connectivity index (χ0n) is 42.7. The molecule has 0 rings (SSSR count). The number of ether oxygens (including phenoxy) is 1. The Morgan fingerprint density at radius 3 is 1.23 bits per heavy atom. The Balaban J connectivity index is 4.60. The van der Waals surface area contributed by atoms with Crippen LogP contribution in [0.3, 0.4) is 0 Å². The summed E-state index contributed by atoms with van der Waals surface area (Å²) in [5, 5.41) is 23.8. The second kappa shape index (κ2) is 51.8. The van der Waals surface area contributed by atoms with Crippen molar-refractivity contribution in [1.82, 2.24) is 5.32 Å². The standard InChI is InChI=1S/C58H107NO5/c1-4-7-10-13-16-19-22-24-26-28-29-31-33-36-39-42-45-48-51-58(63)64-54(49-46-43-40-37-35-32-30-27-25-23-20-17-14-11-8-5-2)52-57(62)59-55(53-60)56(61)50-47-44-41-38-34-21-18-15-12-9-6-3/h17,20,23,25,27,30,32,35,54-56,60-61H,4-16,18-19,21-22,24,26,28-29,31,33-34,36-53H2,1-3H3,(H,59,62)/b20-17+,25-23+,30-27+,35-32+. The van der Waals surface area contributed by atoms with E-state index in [0.29, 0.717) is 19.3 Å². The van der Waals surface area contributed by atoms with E-state index in [2.05, 4.69) is 74.7 Å². The van der Waals surface area contributed by atoms with Crippen molar-refractivity contribution in [3.05, 3.63) is 48.6 Å². The normalized spacial score (nSPS) is 13.5. The highest BCUT2D eigenvalue weighted by Gasteiger charge is 2.24. The lowest BCUT2D eigenvalue weighted by Gasteiger charge is -2.24. The number of rotatable bonds is 50. The maximum absolute atomic E-state index is 13.2. The van der Waals surface area contributed by atoms with Crippen molar-refractivity contribution in [2.45, 2.75) is 302 Å². The lowest BCUT2D eigenvalue weighted by Crippen LogP contribution is -2.46. The summed E-state index contributed by atoms with van der Waals surface area (Å²) < 4.78 is 5.94. The number of aliphatic hydroxyl groups excluding tert-OH is 2. The molecule has 0 aromatic rings. The first-order valence-corrected chi connectivity index (χ1v) is 27.9. The molecule has 0 radical (unpaired) electrons. The molecule has 3 atom stereocenters. The quantitative estimate of drug-likeness (QED) is 0.0321. The topological polar surface area (TPSA) is 95.9 Å². The maximum atomic E-state index is 13.2. The highest BCUT2D eigenvalue weighted by atomic mass is 16.5. The zero-order chi connectivity index (χ0) is 46.7. The summed E-state index contributed by atoms with van der Waals surface area (Å²) in [7, 11) is 0. The van der Waals surface area contributed by atoms with Gasteiger partial charge in [-0.15, -0.1) is 0 Å². The van der Waals surface area contributed by atoms with E-state index in [-0.39, 0.29) is 24.9 Å². The number of allylic oxidation sites excluding steroid dienone is 8. The van der Waals surface area contributed by atoms with Crippen molar-refractivity contribution in [2.24, 2.45) is 0 Å². The molecule has 3 N–H and O–H groups in total. The number of carbonyl (C=O) groups excluding carboxylic acids is 2. The number of carbonyl (C=O) groups is 2. The number of nitrogens with one attached hydrogen (secondary N) is 1. The maximum Gasteiger partial charge on any atom is 0.306 e. The number of esters is 1. The van der Waals surface area contributed by atoms with Gasteiger partial charge in [-0.25, -0.2) is 0 Å². The first-order chi connectivity index (χ1) is 31.5. The number of unbranched alkanes of at least 4 members (excludes halogenated alkanes) is 33. The van der Waals surface area contributed by atoms with Crippen LogP contribution < -0.4 is 5.32 Å². The molecular formula is C58H107NO5. The van der Waals surface area contributed by atoms with Crippen molar-refractivity contribution in [1.29, 1.82) is 0 Å². The third-order valence-electron chi connectivity index (χ3n) is 12.8. The fourth-order valence-electron chi connectivity index (χ4n) is 8.50. The van der Waals surface area contributed by atoms with Gasteiger partial charge in [0.25, 0.3) is 0 Å². The van der Waals surface area contributed by atoms with Crippen molar-refractivity contribution in [3.63, 3.8) is 0 Å². The van der Waals surface area contributed by atoms with Crippen LogP contribution in [-0.4, -0.2) is 46.9 Å². The fraction of sp³-hybridized carbons (Fsp3) is 0.828. The third-order valence-corrected chi connectivity index (χ3v) is 12.8. The Bertz CT molecular complexity index is 1100. The largest absolute Gasteiger partial charge is 0.462 e. The van der Waals surface area contributed by atoms with Gasteiger partial charge in [0.1, 0.15) is 6.10 Å². The summed E-state index contributed by atoms with van der Waals surface area (Å²) in [5.41, 5.74) is 0. The monoisotopic (exact) mass is 898 g/mol. The number of hydrogen-bond donors (Lipinski definition) is 3. The van der Waals surface area contributed by atoms with Gasteiger partial charge in [-0.2, -0.15) is 0 Å². The van der Waals surface area contributed by atoms with Crippen LogP contribution in [0.1, 0.15) is 284 Å². The molecule has 6 heteroatoms. The molecule has 0 aliphatic rings. The van der Waals surface area contributed by atoms with Gasteiger partial charge in [-0.1, -0.05) is 268 Å². The van der Waals surface area contributed by atoms with Crippen LogP contribution in [0.15, 0.2) is 48.6 Å². The molecule has 0 aliphatic heterocycles. The molecule has 374 valence electrons. The van der Waals surface area contributed by atoms with Gasteiger partial charge in [0.15, 0.2) is 0 Å². The van der Waals surface area contributed by atoms with Crippen LogP contribution >= 0.6 is 0 Å². The predicted molar refractivity (Wildman–Crippen MR) is 278 cm³/mol. The highest BCUT2D eigenvalue weighted by molar-refractivity contribution is 5.77. The third kappa shape index (κ3) is 46.4. The van der Waals surface area contributed by atoms with Crippen molar-refractivity contribution >= 4 is 11.9 Å². The van der Waals surface area contributed by atoms with E-state index in [0.717, 1.165) is 70.6 Å². The molecule has 0 fully saturated rings. The minimum Gasteiger partial charge on any atom is -0.462 e. The molecule has 0 aromatic heterocycles. The molecule has 6 nitrogen and oxygen atoms in total. The van der Waals surface area contributed by atoms with Gasteiger partial charge in [-0.05, 0) is 51.4 Å². The number of amides is 1. The molecule has 3 unspecified atom stereocenters. The van der Waals surface area contributed by atoms with E-state index in [1.54, 1.807) is 0 Å². The van der Waals surface area contributed by atoms with Gasteiger partial charge in [0.2, 0.25) is 5.91 Å². The second-order valence-corrected chi connectivity index (χ2v) is 19.1. The first kappa shape index (κ1) is 61.8. The van der Waals surface area contributed by atoms with E-state index in [4.69, 9.17) is 4.74 Å². The van der Waals surface area contributed by atoms with Gasteiger partial charge in [0, 0.05) is 6.42 Å². The molecule has 64 heavy (non-hydrogen) atoms. The fourth-order valence-corrected chi connectivity index (χ4v) is 8.50. The van der Waals surface area contributed by atoms with Crippen LogP contribution in [0.5, 0.6) is 0 Å². The van der Waals surface area contributed by atoms with Crippen LogP contribution in [0, 0.1) is 0 Å². The van der Waals surface area contributed by atoms with E-state index in [1.807, 2.05) is 0 Å². The average Bonchev–Trinajstić information content (AvgIpc) is 3.29. The van der Waals surface area contributed by atoms with Crippen LogP contribution in [-0.2, 0) is 14.3 Å². The van der Waals surface area contributed by atoms with Crippen molar-refractivity contribution in [3.8, 4) is 0 Å². The molecular weight excluding hydrogens is 791 g/mol. The van der Waals surface area contributed by atoms with Crippen LogP contribution in [0.2, 0.25) is 0 Å². The summed E-state index contributed by atoms with van der Waals surface area (Å²) >= 11 is 0. The summed E-state index contributed by atoms with van der Waals surface area (Å²) in [6, 6.07) is -0.713. The summed E-state index contributed by atoms with van der Waals surface area (Å²) in [6.07, 6.45) is 63.2. The molecule has 0 saturated carbocycles. The Labute approximate surface area is 397 Å². The van der Waals surface area contributed by atoms with Crippen LogP contribution in [0.25, 0.3) is 0 Å². The Hall–Kier alpha value is -2.18. The molecule has 0 aromatic carbocycles. The van der Waals surface area contributed by atoms with Gasteiger partial charge >= 0.3 is 5.97 Å². The van der Waals surface area contributed by atoms with Crippen molar-refractivity contribution in [2.75, 3.05) is 6.61 Å². The smallest absolute Gasteiger partial charge is 0.306 e. The molecule has 0 spiro atoms. The average molecular weight is 898 g/mol. The molecule has 0 bridgehead atoms. The number of hydrogen-bond acceptors (Lipinski definition) is 5.